The first kappa shape index (κ1) is 13.0. The Labute approximate surface area is 113 Å². The van der Waals surface area contributed by atoms with Crippen molar-refractivity contribution >= 4 is 5.82 Å². The summed E-state index contributed by atoms with van der Waals surface area (Å²) in [5.41, 5.74) is 1.70. The van der Waals surface area contributed by atoms with E-state index < -0.39 is 0 Å². The molecule has 19 heavy (non-hydrogen) atoms. The molecule has 0 unspecified atom stereocenters. The van der Waals surface area contributed by atoms with Crippen LogP contribution in [0.15, 0.2) is 36.4 Å². The van der Waals surface area contributed by atoms with Crippen molar-refractivity contribution in [3.8, 4) is 6.07 Å². The number of rotatable bonds is 4. The number of nitriles is 1. The van der Waals surface area contributed by atoms with Crippen LogP contribution in [0.3, 0.4) is 0 Å². The predicted octanol–water partition coefficient (Wildman–Crippen LogP) is 2.34. The van der Waals surface area contributed by atoms with Crippen LogP contribution in [0.25, 0.3) is 0 Å². The first-order chi connectivity index (χ1) is 9.19. The molecule has 1 aromatic heterocycles. The number of benzene rings is 1. The summed E-state index contributed by atoms with van der Waals surface area (Å²) in [4.78, 5) is 10.5. The second-order valence-electron chi connectivity index (χ2n) is 4.43. The van der Waals surface area contributed by atoms with Gasteiger partial charge >= 0.3 is 0 Å². The highest BCUT2D eigenvalue weighted by molar-refractivity contribution is 5.42. The van der Waals surface area contributed by atoms with E-state index in [1.165, 1.54) is 5.56 Å². The lowest BCUT2D eigenvalue weighted by Crippen LogP contribution is -2.22. The largest absolute Gasteiger partial charge is 0.359 e. The number of hydrogen-bond donors (Lipinski definition) is 0. The summed E-state index contributed by atoms with van der Waals surface area (Å²) in [5, 5.41) is 8.92. The molecule has 0 aliphatic heterocycles. The molecule has 0 aliphatic carbocycles. The van der Waals surface area contributed by atoms with E-state index in [9.17, 15) is 0 Å². The molecule has 4 heteroatoms. The van der Waals surface area contributed by atoms with Crippen LogP contribution in [-0.2, 0) is 6.42 Å². The number of aryl methyl sites for hydroxylation is 1. The normalized spacial score (nSPS) is 9.95. The van der Waals surface area contributed by atoms with E-state index in [2.05, 4.69) is 28.2 Å². The van der Waals surface area contributed by atoms with Crippen molar-refractivity contribution in [3.05, 3.63) is 53.5 Å². The Morgan fingerprint density at radius 1 is 1.21 bits per heavy atom. The van der Waals surface area contributed by atoms with Crippen LogP contribution in [0.2, 0.25) is 0 Å². The van der Waals surface area contributed by atoms with E-state index in [4.69, 9.17) is 5.26 Å². The van der Waals surface area contributed by atoms with E-state index in [0.29, 0.717) is 11.5 Å². The Hall–Kier alpha value is -2.41. The molecule has 1 heterocycles. The van der Waals surface area contributed by atoms with Crippen LogP contribution in [0.5, 0.6) is 0 Å². The van der Waals surface area contributed by atoms with Crippen LogP contribution >= 0.6 is 0 Å². The summed E-state index contributed by atoms with van der Waals surface area (Å²) in [6.07, 6.45) is 0.947. The zero-order chi connectivity index (χ0) is 13.7. The highest BCUT2D eigenvalue weighted by Gasteiger charge is 2.06. The van der Waals surface area contributed by atoms with E-state index in [-0.39, 0.29) is 0 Å². The van der Waals surface area contributed by atoms with Gasteiger partial charge in [0.25, 0.3) is 0 Å². The summed E-state index contributed by atoms with van der Waals surface area (Å²) in [6.45, 7) is 2.65. The molecule has 0 saturated heterocycles. The Balaban J connectivity index is 2.06. The Morgan fingerprint density at radius 3 is 2.63 bits per heavy atom. The van der Waals surface area contributed by atoms with Gasteiger partial charge in [0, 0.05) is 19.7 Å². The lowest BCUT2D eigenvalue weighted by atomic mass is 10.1. The summed E-state index contributed by atoms with van der Waals surface area (Å²) < 4.78 is 0. The van der Waals surface area contributed by atoms with Gasteiger partial charge in [-0.15, -0.1) is 0 Å². The van der Waals surface area contributed by atoms with Gasteiger partial charge in [0.2, 0.25) is 0 Å². The molecule has 0 atom stereocenters. The molecule has 0 amide bonds. The average Bonchev–Trinajstić information content (AvgIpc) is 2.45. The van der Waals surface area contributed by atoms with Crippen LogP contribution in [0, 0.1) is 18.3 Å². The Bertz CT molecular complexity index is 587. The lowest BCUT2D eigenvalue weighted by Gasteiger charge is -2.18. The van der Waals surface area contributed by atoms with Crippen molar-refractivity contribution in [2.45, 2.75) is 13.3 Å². The number of aromatic nitrogens is 2. The average molecular weight is 252 g/mol. The first-order valence-electron chi connectivity index (χ1n) is 6.20. The minimum atomic E-state index is 0.411. The quantitative estimate of drug-likeness (QED) is 0.838. The lowest BCUT2D eigenvalue weighted by molar-refractivity contribution is 0.847. The van der Waals surface area contributed by atoms with Crippen LogP contribution in [-0.4, -0.2) is 23.6 Å². The number of nitrogens with zero attached hydrogens (tertiary/aromatic N) is 4. The highest BCUT2D eigenvalue weighted by atomic mass is 15.2. The van der Waals surface area contributed by atoms with Crippen molar-refractivity contribution in [2.24, 2.45) is 0 Å². The van der Waals surface area contributed by atoms with Gasteiger partial charge in [-0.2, -0.15) is 5.26 Å². The molecule has 0 spiro atoms. The maximum atomic E-state index is 8.92. The molecule has 0 N–H and O–H groups in total. The Kier molecular flexibility index (Phi) is 4.09. The second-order valence-corrected chi connectivity index (χ2v) is 4.43. The molecule has 0 fully saturated rings. The molecule has 1 aromatic carbocycles. The molecule has 0 bridgehead atoms. The third kappa shape index (κ3) is 3.52. The minimum Gasteiger partial charge on any atom is -0.359 e. The number of anilines is 1. The SMILES string of the molecule is Cc1nc(C#N)cc(N(C)CCc2ccccc2)n1. The van der Waals surface area contributed by atoms with Crippen molar-refractivity contribution in [2.75, 3.05) is 18.5 Å². The molecule has 2 aromatic rings. The first-order valence-corrected chi connectivity index (χ1v) is 6.20. The maximum Gasteiger partial charge on any atom is 0.146 e. The summed E-state index contributed by atoms with van der Waals surface area (Å²) in [5.74, 6) is 1.42. The summed E-state index contributed by atoms with van der Waals surface area (Å²) >= 11 is 0. The zero-order valence-corrected chi connectivity index (χ0v) is 11.2. The van der Waals surface area contributed by atoms with E-state index >= 15 is 0 Å². The van der Waals surface area contributed by atoms with Crippen molar-refractivity contribution < 1.29 is 0 Å². The standard InChI is InChI=1S/C15H16N4/c1-12-17-14(11-16)10-15(18-12)19(2)9-8-13-6-4-3-5-7-13/h3-7,10H,8-9H2,1-2H3. The van der Waals surface area contributed by atoms with Crippen LogP contribution < -0.4 is 4.90 Å². The van der Waals surface area contributed by atoms with Gasteiger partial charge < -0.3 is 4.90 Å². The fourth-order valence-corrected chi connectivity index (χ4v) is 1.86. The number of likely N-dealkylation sites (N-methyl/N-ethyl adjacent to an activating group) is 1. The molecule has 2 rings (SSSR count). The minimum absolute atomic E-state index is 0.411. The topological polar surface area (TPSA) is 52.8 Å². The highest BCUT2D eigenvalue weighted by Crippen LogP contribution is 2.11. The molecule has 4 nitrogen and oxygen atoms in total. The van der Waals surface area contributed by atoms with Crippen LogP contribution in [0.1, 0.15) is 17.1 Å². The van der Waals surface area contributed by atoms with Gasteiger partial charge in [0.15, 0.2) is 0 Å². The second kappa shape index (κ2) is 5.96. The van der Waals surface area contributed by atoms with E-state index in [1.54, 1.807) is 13.0 Å². The van der Waals surface area contributed by atoms with Gasteiger partial charge in [-0.1, -0.05) is 30.3 Å². The summed E-state index contributed by atoms with van der Waals surface area (Å²) in [6, 6.07) is 14.1. The fraction of sp³-hybridized carbons (Fsp3) is 0.267. The Morgan fingerprint density at radius 2 is 1.95 bits per heavy atom. The van der Waals surface area contributed by atoms with E-state index in [0.717, 1.165) is 18.8 Å². The van der Waals surface area contributed by atoms with Crippen molar-refractivity contribution in [3.63, 3.8) is 0 Å². The van der Waals surface area contributed by atoms with Crippen LogP contribution in [0.4, 0.5) is 5.82 Å². The number of hydrogen-bond acceptors (Lipinski definition) is 4. The maximum absolute atomic E-state index is 8.92. The van der Waals surface area contributed by atoms with Gasteiger partial charge in [-0.3, -0.25) is 0 Å². The van der Waals surface area contributed by atoms with E-state index in [1.807, 2.05) is 30.1 Å². The molecule has 0 radical (unpaired) electrons. The summed E-state index contributed by atoms with van der Waals surface area (Å²) in [7, 11) is 1.98. The molecular formula is C15H16N4. The van der Waals surface area contributed by atoms with Crippen molar-refractivity contribution in [1.82, 2.24) is 9.97 Å². The fourth-order valence-electron chi connectivity index (χ4n) is 1.86. The monoisotopic (exact) mass is 252 g/mol. The smallest absolute Gasteiger partial charge is 0.146 e. The van der Waals surface area contributed by atoms with Gasteiger partial charge in [0.1, 0.15) is 23.4 Å². The van der Waals surface area contributed by atoms with Crippen molar-refractivity contribution in [1.29, 1.82) is 5.26 Å². The molecule has 0 aliphatic rings. The molecular weight excluding hydrogens is 236 g/mol. The van der Waals surface area contributed by atoms with Gasteiger partial charge in [0.05, 0.1) is 0 Å². The molecule has 0 saturated carbocycles. The third-order valence-corrected chi connectivity index (χ3v) is 2.91. The third-order valence-electron chi connectivity index (χ3n) is 2.91. The predicted molar refractivity (Wildman–Crippen MR) is 74.9 cm³/mol. The van der Waals surface area contributed by atoms with Gasteiger partial charge in [-0.05, 0) is 18.9 Å². The molecule has 96 valence electrons. The zero-order valence-electron chi connectivity index (χ0n) is 11.2. The van der Waals surface area contributed by atoms with Gasteiger partial charge in [-0.25, -0.2) is 9.97 Å².